The second kappa shape index (κ2) is 7.51. The van der Waals surface area contributed by atoms with Gasteiger partial charge in [0, 0.05) is 18.8 Å². The van der Waals surface area contributed by atoms with Crippen LogP contribution in [0.15, 0.2) is 41.3 Å². The molecule has 0 aliphatic carbocycles. The van der Waals surface area contributed by atoms with Crippen LogP contribution in [0.25, 0.3) is 0 Å². The molecule has 0 atom stereocenters. The molecule has 1 saturated heterocycles. The van der Waals surface area contributed by atoms with E-state index in [1.807, 2.05) is 6.07 Å². The first-order valence-electron chi connectivity index (χ1n) is 8.20. The number of hydrogen-bond acceptors (Lipinski definition) is 5. The van der Waals surface area contributed by atoms with Gasteiger partial charge in [-0.05, 0) is 48.9 Å². The number of rotatable bonds is 5. The minimum absolute atomic E-state index is 0.00442. The molecule has 1 aliphatic heterocycles. The topological polar surface area (TPSA) is 67.9 Å². The molecule has 26 heavy (non-hydrogen) atoms. The molecule has 0 amide bonds. The summed E-state index contributed by atoms with van der Waals surface area (Å²) in [6.45, 7) is 4.24. The van der Waals surface area contributed by atoms with Crippen LogP contribution in [0.2, 0.25) is 0 Å². The molecule has 1 fully saturated rings. The summed E-state index contributed by atoms with van der Waals surface area (Å²) in [5, 5.41) is 0. The molecule has 3 rings (SSSR count). The van der Waals surface area contributed by atoms with Gasteiger partial charge < -0.3 is 14.4 Å². The summed E-state index contributed by atoms with van der Waals surface area (Å²) < 4.78 is 52.0. The minimum atomic E-state index is -3.87. The first-order valence-corrected chi connectivity index (χ1v) is 9.69. The lowest BCUT2D eigenvalue weighted by Crippen LogP contribution is -2.36. The lowest BCUT2D eigenvalue weighted by molar-refractivity contribution is 0.122. The Morgan fingerprint density at radius 2 is 1.88 bits per heavy atom. The fraction of sp³-hybridized carbons (Fsp3) is 0.333. The van der Waals surface area contributed by atoms with Crippen molar-refractivity contribution in [2.75, 3.05) is 43.0 Å². The second-order valence-corrected chi connectivity index (χ2v) is 7.68. The van der Waals surface area contributed by atoms with Crippen LogP contribution in [0, 0.1) is 12.7 Å². The molecule has 0 radical (unpaired) electrons. The van der Waals surface area contributed by atoms with E-state index in [1.54, 1.807) is 12.1 Å². The van der Waals surface area contributed by atoms with Gasteiger partial charge in [-0.1, -0.05) is 0 Å². The number of methoxy groups -OCH3 is 1. The van der Waals surface area contributed by atoms with Gasteiger partial charge in [0.2, 0.25) is 0 Å². The maximum atomic E-state index is 13.4. The van der Waals surface area contributed by atoms with E-state index in [0.717, 1.165) is 24.8 Å². The summed E-state index contributed by atoms with van der Waals surface area (Å²) >= 11 is 0. The summed E-state index contributed by atoms with van der Waals surface area (Å²) in [7, 11) is -2.40. The van der Waals surface area contributed by atoms with E-state index >= 15 is 0 Å². The van der Waals surface area contributed by atoms with Gasteiger partial charge in [0.15, 0.2) is 0 Å². The first kappa shape index (κ1) is 18.5. The lowest BCUT2D eigenvalue weighted by Gasteiger charge is -2.29. The van der Waals surface area contributed by atoms with Gasteiger partial charge in [0.1, 0.15) is 11.6 Å². The van der Waals surface area contributed by atoms with Crippen molar-refractivity contribution in [3.8, 4) is 5.75 Å². The van der Waals surface area contributed by atoms with Crippen molar-refractivity contribution in [1.82, 2.24) is 0 Å². The fourth-order valence-corrected chi connectivity index (χ4v) is 3.93. The quantitative estimate of drug-likeness (QED) is 0.864. The molecule has 8 heteroatoms. The third-order valence-electron chi connectivity index (χ3n) is 4.24. The highest BCUT2D eigenvalue weighted by Crippen LogP contribution is 2.32. The molecule has 1 aliphatic rings. The summed E-state index contributed by atoms with van der Waals surface area (Å²) in [4.78, 5) is 2.11. The number of morpholine rings is 1. The number of nitrogens with zero attached hydrogens (tertiary/aromatic N) is 1. The Kier molecular flexibility index (Phi) is 5.33. The third kappa shape index (κ3) is 3.91. The molecule has 0 aromatic heterocycles. The maximum Gasteiger partial charge on any atom is 0.262 e. The Hall–Kier alpha value is -2.32. The average Bonchev–Trinajstić information content (AvgIpc) is 2.64. The van der Waals surface area contributed by atoms with Gasteiger partial charge in [-0.25, -0.2) is 12.8 Å². The van der Waals surface area contributed by atoms with E-state index in [9.17, 15) is 12.8 Å². The third-order valence-corrected chi connectivity index (χ3v) is 5.61. The molecule has 2 aromatic carbocycles. The number of aryl methyl sites for hydroxylation is 1. The van der Waals surface area contributed by atoms with Crippen molar-refractivity contribution in [2.24, 2.45) is 0 Å². The molecule has 1 N–H and O–H groups in total. The highest BCUT2D eigenvalue weighted by atomic mass is 32.2. The lowest BCUT2D eigenvalue weighted by atomic mass is 10.2. The van der Waals surface area contributed by atoms with Crippen molar-refractivity contribution < 1.29 is 22.3 Å². The SMILES string of the molecule is COc1ccc(N2CCOCC2)cc1NS(=O)(=O)c1ccc(F)c(C)c1. The average molecular weight is 380 g/mol. The summed E-state index contributed by atoms with van der Waals surface area (Å²) in [6, 6.07) is 9.02. The predicted octanol–water partition coefficient (Wildman–Crippen LogP) is 2.78. The standard InChI is InChI=1S/C18H21FN2O4S/c1-13-11-15(4-5-16(13)19)26(22,23)20-17-12-14(3-6-18(17)24-2)21-7-9-25-10-8-21/h3-6,11-12,20H,7-10H2,1-2H3. The molecule has 0 bridgehead atoms. The van der Waals surface area contributed by atoms with Crippen LogP contribution >= 0.6 is 0 Å². The van der Waals surface area contributed by atoms with Gasteiger partial charge in [0.05, 0.1) is 30.9 Å². The Morgan fingerprint density at radius 3 is 2.54 bits per heavy atom. The van der Waals surface area contributed by atoms with Crippen molar-refractivity contribution in [3.63, 3.8) is 0 Å². The number of ether oxygens (including phenoxy) is 2. The van der Waals surface area contributed by atoms with E-state index in [2.05, 4.69) is 9.62 Å². The van der Waals surface area contributed by atoms with Gasteiger partial charge in [-0.3, -0.25) is 4.72 Å². The molecule has 0 unspecified atom stereocenters. The van der Waals surface area contributed by atoms with E-state index < -0.39 is 15.8 Å². The Bertz CT molecular complexity index is 896. The molecule has 0 saturated carbocycles. The Balaban J connectivity index is 1.92. The van der Waals surface area contributed by atoms with Gasteiger partial charge in [-0.2, -0.15) is 0 Å². The zero-order valence-corrected chi connectivity index (χ0v) is 15.5. The van der Waals surface area contributed by atoms with Crippen molar-refractivity contribution >= 4 is 21.4 Å². The van der Waals surface area contributed by atoms with Crippen LogP contribution in [-0.2, 0) is 14.8 Å². The summed E-state index contributed by atoms with van der Waals surface area (Å²) in [5.74, 6) is -0.0414. The molecular formula is C18H21FN2O4S. The molecular weight excluding hydrogens is 359 g/mol. The molecule has 1 heterocycles. The monoisotopic (exact) mass is 380 g/mol. The number of hydrogen-bond donors (Lipinski definition) is 1. The molecule has 0 spiro atoms. The van der Waals surface area contributed by atoms with Crippen molar-refractivity contribution in [3.05, 3.63) is 47.8 Å². The van der Waals surface area contributed by atoms with Gasteiger partial charge >= 0.3 is 0 Å². The first-order chi connectivity index (χ1) is 12.4. The number of nitrogens with one attached hydrogen (secondary N) is 1. The highest BCUT2D eigenvalue weighted by molar-refractivity contribution is 7.92. The van der Waals surface area contributed by atoms with Crippen LogP contribution in [0.5, 0.6) is 5.75 Å². The maximum absolute atomic E-state index is 13.4. The minimum Gasteiger partial charge on any atom is -0.495 e. The second-order valence-electron chi connectivity index (χ2n) is 6.00. The number of anilines is 2. The van der Waals surface area contributed by atoms with Crippen LogP contribution in [0.1, 0.15) is 5.56 Å². The fourth-order valence-electron chi connectivity index (χ4n) is 2.78. The molecule has 6 nitrogen and oxygen atoms in total. The van der Waals surface area contributed by atoms with Crippen molar-refractivity contribution in [1.29, 1.82) is 0 Å². The summed E-state index contributed by atoms with van der Waals surface area (Å²) in [6.07, 6.45) is 0. The van der Waals surface area contributed by atoms with Crippen molar-refractivity contribution in [2.45, 2.75) is 11.8 Å². The van der Waals surface area contributed by atoms with Crippen LogP contribution in [0.3, 0.4) is 0 Å². The van der Waals surface area contributed by atoms with Gasteiger partial charge in [0.25, 0.3) is 10.0 Å². The Morgan fingerprint density at radius 1 is 1.15 bits per heavy atom. The smallest absolute Gasteiger partial charge is 0.262 e. The normalized spacial score (nSPS) is 15.0. The summed E-state index contributed by atoms with van der Waals surface area (Å²) in [5.41, 5.74) is 1.47. The van der Waals surface area contributed by atoms with E-state index in [1.165, 1.54) is 26.2 Å². The zero-order valence-electron chi connectivity index (χ0n) is 14.7. The predicted molar refractivity (Wildman–Crippen MR) is 98.0 cm³/mol. The van der Waals surface area contributed by atoms with Crippen LogP contribution in [0.4, 0.5) is 15.8 Å². The zero-order chi connectivity index (χ0) is 18.7. The number of benzene rings is 2. The molecule has 2 aromatic rings. The van der Waals surface area contributed by atoms with E-state index in [-0.39, 0.29) is 10.5 Å². The van der Waals surface area contributed by atoms with E-state index in [4.69, 9.17) is 9.47 Å². The highest BCUT2D eigenvalue weighted by Gasteiger charge is 2.19. The number of halogens is 1. The number of sulfonamides is 1. The largest absolute Gasteiger partial charge is 0.495 e. The van der Waals surface area contributed by atoms with Gasteiger partial charge in [-0.15, -0.1) is 0 Å². The van der Waals surface area contributed by atoms with Crippen LogP contribution < -0.4 is 14.4 Å². The van der Waals surface area contributed by atoms with Crippen LogP contribution in [-0.4, -0.2) is 41.8 Å². The molecule has 140 valence electrons. The Labute approximate surface area is 152 Å². The van der Waals surface area contributed by atoms with E-state index in [0.29, 0.717) is 24.7 Å².